The lowest BCUT2D eigenvalue weighted by molar-refractivity contribution is -0.125. The van der Waals surface area contributed by atoms with Crippen LogP contribution in [0.25, 0.3) is 0 Å². The standard InChI is InChI=1S/C23H29N3O2/c1-15-8-6-9-16(2)22(15)26-21(27)14-24-23(28)17(3)25-20-13-7-11-18-10-4-5-12-19(18)20/h4-6,8-10,12,17,20,25H,7,11,13-14H2,1-3H3,(H,24,28)(H,26,27)/t17-,20-/m1/s1. The molecule has 2 amide bonds. The summed E-state index contributed by atoms with van der Waals surface area (Å²) in [5.41, 5.74) is 5.45. The number of nitrogens with one attached hydrogen (secondary N) is 3. The minimum Gasteiger partial charge on any atom is -0.346 e. The van der Waals surface area contributed by atoms with Crippen molar-refractivity contribution in [1.82, 2.24) is 10.6 Å². The maximum atomic E-state index is 12.5. The topological polar surface area (TPSA) is 70.2 Å². The molecule has 0 unspecified atom stereocenters. The van der Waals surface area contributed by atoms with Gasteiger partial charge in [-0.1, -0.05) is 42.5 Å². The Kier molecular flexibility index (Phi) is 6.47. The lowest BCUT2D eigenvalue weighted by Gasteiger charge is -2.28. The lowest BCUT2D eigenvalue weighted by Crippen LogP contribution is -2.46. The fourth-order valence-electron chi connectivity index (χ4n) is 3.82. The Morgan fingerprint density at radius 3 is 2.54 bits per heavy atom. The minimum atomic E-state index is -0.371. The molecule has 2 aromatic carbocycles. The van der Waals surface area contributed by atoms with E-state index in [0.717, 1.165) is 36.1 Å². The second kappa shape index (κ2) is 9.02. The molecule has 0 saturated heterocycles. The lowest BCUT2D eigenvalue weighted by atomic mass is 9.87. The van der Waals surface area contributed by atoms with E-state index < -0.39 is 0 Å². The SMILES string of the molecule is Cc1cccc(C)c1NC(=O)CNC(=O)[C@@H](C)N[C@@H]1CCCc2ccccc21. The highest BCUT2D eigenvalue weighted by Crippen LogP contribution is 2.29. The van der Waals surface area contributed by atoms with Gasteiger partial charge in [-0.25, -0.2) is 0 Å². The van der Waals surface area contributed by atoms with E-state index in [1.165, 1.54) is 11.1 Å². The third-order valence-corrected chi connectivity index (χ3v) is 5.38. The maximum absolute atomic E-state index is 12.5. The van der Waals surface area contributed by atoms with Crippen LogP contribution < -0.4 is 16.0 Å². The van der Waals surface area contributed by atoms with Crippen LogP contribution in [-0.4, -0.2) is 24.4 Å². The second-order valence-corrected chi connectivity index (χ2v) is 7.56. The van der Waals surface area contributed by atoms with E-state index in [2.05, 4.69) is 34.1 Å². The van der Waals surface area contributed by atoms with Gasteiger partial charge in [0.25, 0.3) is 0 Å². The van der Waals surface area contributed by atoms with E-state index in [1.54, 1.807) is 0 Å². The van der Waals surface area contributed by atoms with Crippen molar-refractivity contribution in [3.8, 4) is 0 Å². The largest absolute Gasteiger partial charge is 0.346 e. The number of benzene rings is 2. The van der Waals surface area contributed by atoms with E-state index in [0.29, 0.717) is 0 Å². The van der Waals surface area contributed by atoms with Crippen LogP contribution in [0.3, 0.4) is 0 Å². The van der Waals surface area contributed by atoms with Gasteiger partial charge < -0.3 is 10.6 Å². The highest BCUT2D eigenvalue weighted by molar-refractivity contribution is 5.96. The summed E-state index contributed by atoms with van der Waals surface area (Å²) in [4.78, 5) is 24.7. The van der Waals surface area contributed by atoms with Crippen molar-refractivity contribution in [3.63, 3.8) is 0 Å². The van der Waals surface area contributed by atoms with Crippen molar-refractivity contribution < 1.29 is 9.59 Å². The van der Waals surface area contributed by atoms with Crippen molar-refractivity contribution in [2.75, 3.05) is 11.9 Å². The number of rotatable bonds is 6. The number of para-hydroxylation sites is 1. The van der Waals surface area contributed by atoms with Gasteiger partial charge in [0, 0.05) is 11.7 Å². The van der Waals surface area contributed by atoms with Gasteiger partial charge in [0.2, 0.25) is 11.8 Å². The molecule has 28 heavy (non-hydrogen) atoms. The molecule has 0 aliphatic heterocycles. The van der Waals surface area contributed by atoms with Crippen LogP contribution >= 0.6 is 0 Å². The van der Waals surface area contributed by atoms with Crippen molar-refractivity contribution >= 4 is 17.5 Å². The fraction of sp³-hybridized carbons (Fsp3) is 0.391. The highest BCUT2D eigenvalue weighted by atomic mass is 16.2. The van der Waals surface area contributed by atoms with Crippen LogP contribution in [0.4, 0.5) is 5.69 Å². The third kappa shape index (κ3) is 4.78. The van der Waals surface area contributed by atoms with Gasteiger partial charge in [-0.05, 0) is 62.3 Å². The first kappa shape index (κ1) is 20.1. The smallest absolute Gasteiger partial charge is 0.243 e. The quantitative estimate of drug-likeness (QED) is 0.720. The number of amides is 2. The molecule has 5 heteroatoms. The number of carbonyl (C=O) groups is 2. The number of hydrogen-bond acceptors (Lipinski definition) is 3. The van der Waals surface area contributed by atoms with Crippen LogP contribution in [0.2, 0.25) is 0 Å². The molecule has 0 radical (unpaired) electrons. The molecular formula is C23H29N3O2. The Morgan fingerprint density at radius 1 is 1.07 bits per heavy atom. The molecule has 0 fully saturated rings. The van der Waals surface area contributed by atoms with E-state index in [9.17, 15) is 9.59 Å². The average Bonchev–Trinajstić information content (AvgIpc) is 2.69. The van der Waals surface area contributed by atoms with E-state index in [4.69, 9.17) is 0 Å². The summed E-state index contributed by atoms with van der Waals surface area (Å²) >= 11 is 0. The molecule has 3 rings (SSSR count). The van der Waals surface area contributed by atoms with Gasteiger partial charge in [-0.3, -0.25) is 14.9 Å². The Hall–Kier alpha value is -2.66. The summed E-state index contributed by atoms with van der Waals surface area (Å²) in [6, 6.07) is 14.1. The maximum Gasteiger partial charge on any atom is 0.243 e. The van der Waals surface area contributed by atoms with Crippen LogP contribution in [0.1, 0.15) is 48.1 Å². The molecule has 0 heterocycles. The summed E-state index contributed by atoms with van der Waals surface area (Å²) < 4.78 is 0. The average molecular weight is 380 g/mol. The predicted molar refractivity (Wildman–Crippen MR) is 112 cm³/mol. The molecule has 1 aliphatic rings. The summed E-state index contributed by atoms with van der Waals surface area (Å²) in [7, 11) is 0. The molecule has 2 atom stereocenters. The van der Waals surface area contributed by atoms with Gasteiger partial charge in [0.05, 0.1) is 12.6 Å². The second-order valence-electron chi connectivity index (χ2n) is 7.56. The summed E-state index contributed by atoms with van der Waals surface area (Å²) in [6.07, 6.45) is 3.22. The fourth-order valence-corrected chi connectivity index (χ4v) is 3.82. The first-order chi connectivity index (χ1) is 13.5. The molecule has 148 valence electrons. The molecule has 0 spiro atoms. The Balaban J connectivity index is 1.52. The summed E-state index contributed by atoms with van der Waals surface area (Å²) in [5.74, 6) is -0.388. The monoisotopic (exact) mass is 379 g/mol. The van der Waals surface area contributed by atoms with E-state index in [-0.39, 0.29) is 30.4 Å². The number of hydrogen-bond donors (Lipinski definition) is 3. The first-order valence-electron chi connectivity index (χ1n) is 9.93. The Morgan fingerprint density at radius 2 is 1.79 bits per heavy atom. The van der Waals surface area contributed by atoms with Crippen LogP contribution in [0.5, 0.6) is 0 Å². The highest BCUT2D eigenvalue weighted by Gasteiger charge is 2.23. The summed E-state index contributed by atoms with van der Waals surface area (Å²) in [5, 5.41) is 9.06. The van der Waals surface area contributed by atoms with Crippen molar-refractivity contribution in [1.29, 1.82) is 0 Å². The molecule has 2 aromatic rings. The van der Waals surface area contributed by atoms with E-state index >= 15 is 0 Å². The molecule has 0 saturated carbocycles. The van der Waals surface area contributed by atoms with Gasteiger partial charge in [-0.2, -0.15) is 0 Å². The molecule has 0 aromatic heterocycles. The number of aryl methyl sites for hydroxylation is 3. The van der Waals surface area contributed by atoms with Gasteiger partial charge in [0.1, 0.15) is 0 Å². The minimum absolute atomic E-state index is 0.0418. The molecule has 3 N–H and O–H groups in total. The summed E-state index contributed by atoms with van der Waals surface area (Å²) in [6.45, 7) is 5.71. The molecule has 1 aliphatic carbocycles. The third-order valence-electron chi connectivity index (χ3n) is 5.38. The van der Waals surface area contributed by atoms with Crippen molar-refractivity contribution in [2.24, 2.45) is 0 Å². The number of anilines is 1. The number of fused-ring (bicyclic) bond motifs is 1. The van der Waals surface area contributed by atoms with Crippen molar-refractivity contribution in [3.05, 3.63) is 64.7 Å². The zero-order valence-corrected chi connectivity index (χ0v) is 16.8. The van der Waals surface area contributed by atoms with Gasteiger partial charge >= 0.3 is 0 Å². The zero-order chi connectivity index (χ0) is 20.1. The van der Waals surface area contributed by atoms with Crippen LogP contribution in [-0.2, 0) is 16.0 Å². The van der Waals surface area contributed by atoms with Crippen molar-refractivity contribution in [2.45, 2.75) is 52.1 Å². The normalized spacial score (nSPS) is 16.8. The Labute approximate surface area is 166 Å². The predicted octanol–water partition coefficient (Wildman–Crippen LogP) is 3.41. The van der Waals surface area contributed by atoms with Crippen LogP contribution in [0, 0.1) is 13.8 Å². The molecule has 5 nitrogen and oxygen atoms in total. The zero-order valence-electron chi connectivity index (χ0n) is 16.8. The van der Waals surface area contributed by atoms with E-state index in [1.807, 2.05) is 45.0 Å². The molecule has 0 bridgehead atoms. The molecular weight excluding hydrogens is 350 g/mol. The number of carbonyl (C=O) groups excluding carboxylic acids is 2. The Bertz CT molecular complexity index is 842. The van der Waals surface area contributed by atoms with Gasteiger partial charge in [0.15, 0.2) is 0 Å². The first-order valence-corrected chi connectivity index (χ1v) is 9.93. The van der Waals surface area contributed by atoms with Gasteiger partial charge in [-0.15, -0.1) is 0 Å². The van der Waals surface area contributed by atoms with Crippen LogP contribution in [0.15, 0.2) is 42.5 Å².